The van der Waals surface area contributed by atoms with Crippen molar-refractivity contribution in [3.8, 4) is 0 Å². The minimum Gasteiger partial charge on any atom is -0.353 e. The summed E-state index contributed by atoms with van der Waals surface area (Å²) < 4.78 is 0. The highest BCUT2D eigenvalue weighted by molar-refractivity contribution is 5.81. The molecule has 128 valence electrons. The van der Waals surface area contributed by atoms with Crippen LogP contribution in [0, 0.1) is 11.8 Å². The molecule has 1 saturated heterocycles. The van der Waals surface area contributed by atoms with Gasteiger partial charge < -0.3 is 11.1 Å². The first kappa shape index (κ1) is 17.7. The summed E-state index contributed by atoms with van der Waals surface area (Å²) in [5, 5.41) is 3.18. The zero-order valence-corrected chi connectivity index (χ0v) is 14.7. The van der Waals surface area contributed by atoms with E-state index in [1.54, 1.807) is 0 Å². The fourth-order valence-electron chi connectivity index (χ4n) is 3.97. The zero-order valence-electron chi connectivity index (χ0n) is 14.7. The SMILES string of the molecule is CC1CCN(C2(CNC(=O)[C@@H](N)C(C)C)CCCCC2)CC1. The Bertz CT molecular complexity index is 355. The lowest BCUT2D eigenvalue weighted by Crippen LogP contribution is -2.60. The van der Waals surface area contributed by atoms with Gasteiger partial charge in [-0.3, -0.25) is 9.69 Å². The average molecular weight is 309 g/mol. The van der Waals surface area contributed by atoms with Crippen molar-refractivity contribution in [1.29, 1.82) is 0 Å². The topological polar surface area (TPSA) is 58.4 Å². The monoisotopic (exact) mass is 309 g/mol. The van der Waals surface area contributed by atoms with Crippen LogP contribution in [-0.4, -0.2) is 42.0 Å². The van der Waals surface area contributed by atoms with E-state index in [0.29, 0.717) is 0 Å². The molecule has 0 aromatic rings. The van der Waals surface area contributed by atoms with Gasteiger partial charge in [-0.05, 0) is 50.6 Å². The average Bonchev–Trinajstić information content (AvgIpc) is 2.53. The van der Waals surface area contributed by atoms with E-state index in [9.17, 15) is 4.79 Å². The smallest absolute Gasteiger partial charge is 0.237 e. The van der Waals surface area contributed by atoms with Gasteiger partial charge in [-0.2, -0.15) is 0 Å². The second-order valence-corrected chi connectivity index (χ2v) is 7.94. The quantitative estimate of drug-likeness (QED) is 0.820. The molecular formula is C18H35N3O. The Morgan fingerprint density at radius 3 is 2.36 bits per heavy atom. The summed E-state index contributed by atoms with van der Waals surface area (Å²) in [7, 11) is 0. The standard InChI is InChI=1S/C18H35N3O/c1-14(2)16(19)17(22)20-13-18(9-5-4-6-10-18)21-11-7-15(3)8-12-21/h14-16H,4-13,19H2,1-3H3,(H,20,22)/t16-/m0/s1. The van der Waals surface area contributed by atoms with Crippen LogP contribution in [-0.2, 0) is 4.79 Å². The second-order valence-electron chi connectivity index (χ2n) is 7.94. The van der Waals surface area contributed by atoms with Crippen LogP contribution in [0.5, 0.6) is 0 Å². The maximum Gasteiger partial charge on any atom is 0.237 e. The number of nitrogens with two attached hydrogens (primary N) is 1. The Balaban J connectivity index is 1.98. The predicted octanol–water partition coefficient (Wildman–Crippen LogP) is 2.52. The van der Waals surface area contributed by atoms with Crippen LogP contribution in [0.1, 0.15) is 65.7 Å². The molecule has 1 heterocycles. The molecule has 4 heteroatoms. The summed E-state index contributed by atoms with van der Waals surface area (Å²) in [4.78, 5) is 14.9. The molecule has 2 rings (SSSR count). The lowest BCUT2D eigenvalue weighted by atomic mass is 9.78. The van der Waals surface area contributed by atoms with Gasteiger partial charge in [0.05, 0.1) is 6.04 Å². The molecule has 1 saturated carbocycles. The largest absolute Gasteiger partial charge is 0.353 e. The first-order valence-electron chi connectivity index (χ1n) is 9.23. The van der Waals surface area contributed by atoms with Gasteiger partial charge in [0.2, 0.25) is 5.91 Å². The summed E-state index contributed by atoms with van der Waals surface area (Å²) in [6, 6.07) is -0.387. The van der Waals surface area contributed by atoms with Gasteiger partial charge in [0.25, 0.3) is 0 Å². The molecule has 0 spiro atoms. The van der Waals surface area contributed by atoms with Crippen LogP contribution >= 0.6 is 0 Å². The molecule has 1 aliphatic carbocycles. The third-order valence-electron chi connectivity index (χ3n) is 5.85. The minimum absolute atomic E-state index is 0.0188. The fraction of sp³-hybridized carbons (Fsp3) is 0.944. The van der Waals surface area contributed by atoms with E-state index < -0.39 is 0 Å². The number of hydrogen-bond acceptors (Lipinski definition) is 3. The van der Waals surface area contributed by atoms with Crippen LogP contribution in [0.25, 0.3) is 0 Å². The number of carbonyl (C=O) groups excluding carboxylic acids is 1. The van der Waals surface area contributed by atoms with Crippen molar-refractivity contribution in [3.05, 3.63) is 0 Å². The minimum atomic E-state index is -0.387. The van der Waals surface area contributed by atoms with E-state index in [1.807, 2.05) is 13.8 Å². The van der Waals surface area contributed by atoms with Gasteiger partial charge in [0, 0.05) is 12.1 Å². The fourth-order valence-corrected chi connectivity index (χ4v) is 3.97. The van der Waals surface area contributed by atoms with E-state index >= 15 is 0 Å². The lowest BCUT2D eigenvalue weighted by Gasteiger charge is -2.49. The molecule has 0 bridgehead atoms. The molecule has 22 heavy (non-hydrogen) atoms. The summed E-state index contributed by atoms with van der Waals surface area (Å²) in [6.45, 7) is 9.52. The van der Waals surface area contributed by atoms with Crippen LogP contribution in [0.15, 0.2) is 0 Å². The number of rotatable bonds is 5. The van der Waals surface area contributed by atoms with Crippen LogP contribution in [0.3, 0.4) is 0 Å². The van der Waals surface area contributed by atoms with Gasteiger partial charge in [-0.1, -0.05) is 40.0 Å². The second kappa shape index (κ2) is 7.78. The zero-order chi connectivity index (χ0) is 16.2. The highest BCUT2D eigenvalue weighted by Crippen LogP contribution is 2.36. The number of hydrogen-bond donors (Lipinski definition) is 2. The number of likely N-dealkylation sites (tertiary alicyclic amines) is 1. The van der Waals surface area contributed by atoms with Crippen molar-refractivity contribution in [1.82, 2.24) is 10.2 Å². The molecule has 1 amide bonds. The molecule has 1 aliphatic heterocycles. The maximum absolute atomic E-state index is 12.2. The van der Waals surface area contributed by atoms with E-state index in [0.717, 1.165) is 12.5 Å². The molecule has 2 fully saturated rings. The molecule has 1 atom stereocenters. The number of amides is 1. The van der Waals surface area contributed by atoms with Crippen molar-refractivity contribution in [2.24, 2.45) is 17.6 Å². The Kier molecular flexibility index (Phi) is 6.27. The third kappa shape index (κ3) is 4.23. The van der Waals surface area contributed by atoms with Gasteiger partial charge in [0.15, 0.2) is 0 Å². The summed E-state index contributed by atoms with van der Waals surface area (Å²) in [6.07, 6.45) is 8.95. The van der Waals surface area contributed by atoms with Gasteiger partial charge in [0.1, 0.15) is 0 Å². The van der Waals surface area contributed by atoms with E-state index in [1.165, 1.54) is 58.0 Å². The highest BCUT2D eigenvalue weighted by atomic mass is 16.2. The molecule has 0 unspecified atom stereocenters. The molecule has 4 nitrogen and oxygen atoms in total. The summed E-state index contributed by atoms with van der Waals surface area (Å²) in [5.74, 6) is 1.06. The first-order chi connectivity index (χ1) is 10.4. The molecule has 0 radical (unpaired) electrons. The third-order valence-corrected chi connectivity index (χ3v) is 5.85. The molecular weight excluding hydrogens is 274 g/mol. The van der Waals surface area contributed by atoms with Crippen molar-refractivity contribution < 1.29 is 4.79 Å². The number of nitrogens with zero attached hydrogens (tertiary/aromatic N) is 1. The van der Waals surface area contributed by atoms with Crippen molar-refractivity contribution >= 4 is 5.91 Å². The Hall–Kier alpha value is -0.610. The van der Waals surface area contributed by atoms with Gasteiger partial charge in [-0.15, -0.1) is 0 Å². The van der Waals surface area contributed by atoms with Gasteiger partial charge in [-0.25, -0.2) is 0 Å². The summed E-state index contributed by atoms with van der Waals surface area (Å²) >= 11 is 0. The van der Waals surface area contributed by atoms with Crippen LogP contribution < -0.4 is 11.1 Å². The molecule has 2 aliphatic rings. The van der Waals surface area contributed by atoms with E-state index in [4.69, 9.17) is 5.73 Å². The van der Waals surface area contributed by atoms with Crippen molar-refractivity contribution in [2.45, 2.75) is 77.3 Å². The van der Waals surface area contributed by atoms with Crippen LogP contribution in [0.2, 0.25) is 0 Å². The molecule has 0 aromatic carbocycles. The predicted molar refractivity (Wildman–Crippen MR) is 91.6 cm³/mol. The summed E-state index contributed by atoms with van der Waals surface area (Å²) in [5.41, 5.74) is 6.18. The van der Waals surface area contributed by atoms with Crippen molar-refractivity contribution in [2.75, 3.05) is 19.6 Å². The number of nitrogens with one attached hydrogen (secondary N) is 1. The Labute approximate surface area is 136 Å². The molecule has 3 N–H and O–H groups in total. The van der Waals surface area contributed by atoms with Crippen molar-refractivity contribution in [3.63, 3.8) is 0 Å². The van der Waals surface area contributed by atoms with E-state index in [2.05, 4.69) is 17.1 Å². The number of carbonyl (C=O) groups is 1. The van der Waals surface area contributed by atoms with Crippen LogP contribution in [0.4, 0.5) is 0 Å². The maximum atomic E-state index is 12.2. The highest BCUT2D eigenvalue weighted by Gasteiger charge is 2.39. The Morgan fingerprint density at radius 2 is 1.82 bits per heavy atom. The normalized spacial score (nSPS) is 25.1. The van der Waals surface area contributed by atoms with E-state index in [-0.39, 0.29) is 23.4 Å². The lowest BCUT2D eigenvalue weighted by molar-refractivity contribution is -0.124. The number of piperidine rings is 1. The Morgan fingerprint density at radius 1 is 1.23 bits per heavy atom. The van der Waals surface area contributed by atoms with Gasteiger partial charge >= 0.3 is 0 Å². The molecule has 0 aromatic heterocycles. The first-order valence-corrected chi connectivity index (χ1v) is 9.23.